The lowest BCUT2D eigenvalue weighted by atomic mass is 9.97. The quantitative estimate of drug-likeness (QED) is 0.0686. The van der Waals surface area contributed by atoms with Crippen LogP contribution in [0.4, 0.5) is 0 Å². The molecule has 0 saturated heterocycles. The summed E-state index contributed by atoms with van der Waals surface area (Å²) in [6, 6.07) is -4.12. The number of carboxylic acids is 1. The maximum absolute atomic E-state index is 13.0. The van der Waals surface area contributed by atoms with Crippen molar-refractivity contribution in [2.24, 2.45) is 39.9 Å². The summed E-state index contributed by atoms with van der Waals surface area (Å²) < 4.78 is 0. The van der Waals surface area contributed by atoms with Crippen LogP contribution in [0.3, 0.4) is 0 Å². The van der Waals surface area contributed by atoms with Crippen molar-refractivity contribution in [3.05, 3.63) is 0 Å². The minimum absolute atomic E-state index is 0.0792. The molecule has 13 nitrogen and oxygen atoms in total. The molecule has 0 bridgehead atoms. The molecule has 0 fully saturated rings. The molecule has 0 saturated carbocycles. The Kier molecular flexibility index (Phi) is 14.6. The van der Waals surface area contributed by atoms with Crippen LogP contribution in [0.15, 0.2) is 4.99 Å². The molecule has 13 heteroatoms. The number of carboxylic acid groups (broad SMARTS) is 1. The number of guanidine groups is 1. The van der Waals surface area contributed by atoms with E-state index in [1.807, 2.05) is 13.8 Å². The van der Waals surface area contributed by atoms with Crippen LogP contribution in [0.1, 0.15) is 60.8 Å². The molecule has 5 unspecified atom stereocenters. The maximum atomic E-state index is 13.0. The fourth-order valence-electron chi connectivity index (χ4n) is 3.44. The van der Waals surface area contributed by atoms with E-state index >= 15 is 0 Å². The second-order valence-electron chi connectivity index (χ2n) is 10.0. The Morgan fingerprint density at radius 3 is 1.72 bits per heavy atom. The summed E-state index contributed by atoms with van der Waals surface area (Å²) in [7, 11) is 0. The number of amides is 3. The van der Waals surface area contributed by atoms with E-state index in [9.17, 15) is 29.4 Å². The predicted molar refractivity (Wildman–Crippen MR) is 136 cm³/mol. The van der Waals surface area contributed by atoms with E-state index < -0.39 is 59.9 Å². The van der Waals surface area contributed by atoms with Crippen molar-refractivity contribution in [3.8, 4) is 0 Å². The highest BCUT2D eigenvalue weighted by Gasteiger charge is 2.34. The standard InChI is InChI=1S/C23H45N7O6/c1-11(2)10-14(24)18(31)21(34)30-17(13(5)6)20(33)29-16(12(3)4)19(32)28-15(22(35)36)8-7-9-27-23(25)26/h11-18,31H,7-10,24H2,1-6H3,(H,28,32)(H,29,33)(H,30,34)(H,35,36)(H4,25,26,27). The van der Waals surface area contributed by atoms with Gasteiger partial charge in [0.15, 0.2) is 5.96 Å². The zero-order valence-electron chi connectivity index (χ0n) is 22.2. The summed E-state index contributed by atoms with van der Waals surface area (Å²) in [6.45, 7) is 10.8. The van der Waals surface area contributed by atoms with Gasteiger partial charge in [-0.2, -0.15) is 0 Å². The second-order valence-corrected chi connectivity index (χ2v) is 10.0. The number of aliphatic hydroxyl groups excluding tert-OH is 1. The lowest BCUT2D eigenvalue weighted by Crippen LogP contribution is -2.60. The van der Waals surface area contributed by atoms with Gasteiger partial charge in [-0.25, -0.2) is 4.79 Å². The number of nitrogens with one attached hydrogen (secondary N) is 3. The van der Waals surface area contributed by atoms with Crippen molar-refractivity contribution in [2.45, 2.75) is 91.1 Å². The Labute approximate surface area is 213 Å². The van der Waals surface area contributed by atoms with Gasteiger partial charge in [-0.05, 0) is 37.0 Å². The van der Waals surface area contributed by atoms with E-state index in [1.54, 1.807) is 27.7 Å². The molecular weight excluding hydrogens is 470 g/mol. The summed E-state index contributed by atoms with van der Waals surface area (Å²) in [4.78, 5) is 53.9. The van der Waals surface area contributed by atoms with Crippen molar-refractivity contribution in [2.75, 3.05) is 6.54 Å². The molecule has 5 atom stereocenters. The highest BCUT2D eigenvalue weighted by atomic mass is 16.4. The second kappa shape index (κ2) is 15.9. The first-order chi connectivity index (χ1) is 16.6. The number of carbonyl (C=O) groups is 4. The Morgan fingerprint density at radius 1 is 0.833 bits per heavy atom. The number of nitrogens with two attached hydrogens (primary N) is 3. The van der Waals surface area contributed by atoms with Gasteiger partial charge in [0.05, 0.1) is 0 Å². The van der Waals surface area contributed by atoms with Crippen LogP contribution < -0.4 is 33.2 Å². The van der Waals surface area contributed by atoms with Crippen LogP contribution in [0.25, 0.3) is 0 Å². The average Bonchev–Trinajstić information content (AvgIpc) is 2.75. The van der Waals surface area contributed by atoms with Gasteiger partial charge in [0, 0.05) is 12.6 Å². The summed E-state index contributed by atoms with van der Waals surface area (Å²) in [6.07, 6.45) is -0.688. The SMILES string of the molecule is CC(C)CC(N)C(O)C(=O)NC(C(=O)NC(C(=O)NC(CCCN=C(N)N)C(=O)O)C(C)C)C(C)C. The number of hydrogen-bond acceptors (Lipinski definition) is 7. The van der Waals surface area contributed by atoms with Gasteiger partial charge in [0.25, 0.3) is 5.91 Å². The Bertz CT molecular complexity index is 768. The van der Waals surface area contributed by atoms with Crippen LogP contribution in [0, 0.1) is 17.8 Å². The van der Waals surface area contributed by atoms with E-state index in [2.05, 4.69) is 20.9 Å². The minimum Gasteiger partial charge on any atom is -0.480 e. The third kappa shape index (κ3) is 12.2. The van der Waals surface area contributed by atoms with Crippen molar-refractivity contribution < 1.29 is 29.4 Å². The predicted octanol–water partition coefficient (Wildman–Crippen LogP) is -1.37. The fraction of sp³-hybridized carbons (Fsp3) is 0.783. The van der Waals surface area contributed by atoms with Crippen molar-refractivity contribution in [1.29, 1.82) is 0 Å². The van der Waals surface area contributed by atoms with Gasteiger partial charge >= 0.3 is 5.97 Å². The van der Waals surface area contributed by atoms with Crippen LogP contribution in [0.5, 0.6) is 0 Å². The maximum Gasteiger partial charge on any atom is 0.326 e. The molecule has 36 heavy (non-hydrogen) atoms. The molecule has 0 aromatic carbocycles. The van der Waals surface area contributed by atoms with E-state index in [4.69, 9.17) is 17.2 Å². The minimum atomic E-state index is -1.50. The zero-order chi connectivity index (χ0) is 28.2. The first-order valence-electron chi connectivity index (χ1n) is 12.2. The molecule has 0 radical (unpaired) electrons. The Balaban J connectivity index is 5.36. The summed E-state index contributed by atoms with van der Waals surface area (Å²) in [5.41, 5.74) is 16.4. The largest absolute Gasteiger partial charge is 0.480 e. The van der Waals surface area contributed by atoms with E-state index in [0.717, 1.165) is 0 Å². The topological polar surface area (TPSA) is 235 Å². The summed E-state index contributed by atoms with van der Waals surface area (Å²) in [5.74, 6) is -4.06. The number of aliphatic carboxylic acids is 1. The van der Waals surface area contributed by atoms with E-state index in [1.165, 1.54) is 0 Å². The average molecular weight is 516 g/mol. The molecule has 0 spiro atoms. The first-order valence-corrected chi connectivity index (χ1v) is 12.2. The molecule has 0 aliphatic carbocycles. The monoisotopic (exact) mass is 515 g/mol. The van der Waals surface area contributed by atoms with Crippen LogP contribution in [-0.2, 0) is 19.2 Å². The highest BCUT2D eigenvalue weighted by Crippen LogP contribution is 2.10. The number of aliphatic hydroxyl groups is 1. The van der Waals surface area contributed by atoms with Crippen molar-refractivity contribution in [3.63, 3.8) is 0 Å². The molecule has 0 aliphatic rings. The Hall–Kier alpha value is -2.93. The smallest absolute Gasteiger partial charge is 0.326 e. The molecule has 0 heterocycles. The number of rotatable bonds is 16. The number of carbonyl (C=O) groups excluding carboxylic acids is 3. The van der Waals surface area contributed by atoms with Gasteiger partial charge in [-0.1, -0.05) is 41.5 Å². The van der Waals surface area contributed by atoms with Crippen molar-refractivity contribution in [1.82, 2.24) is 16.0 Å². The number of hydrogen-bond donors (Lipinski definition) is 8. The van der Waals surface area contributed by atoms with Gasteiger partial charge in [-0.15, -0.1) is 0 Å². The van der Waals surface area contributed by atoms with Crippen LogP contribution >= 0.6 is 0 Å². The van der Waals surface area contributed by atoms with Crippen LogP contribution in [-0.4, -0.2) is 76.7 Å². The number of aliphatic imine (C=N–C) groups is 1. The molecule has 0 rings (SSSR count). The Morgan fingerprint density at radius 2 is 1.31 bits per heavy atom. The number of nitrogens with zero attached hydrogens (tertiary/aromatic N) is 1. The molecule has 208 valence electrons. The lowest BCUT2D eigenvalue weighted by Gasteiger charge is -2.29. The summed E-state index contributed by atoms with van der Waals surface area (Å²) >= 11 is 0. The zero-order valence-corrected chi connectivity index (χ0v) is 22.2. The van der Waals surface area contributed by atoms with Gasteiger partial charge in [0.1, 0.15) is 24.2 Å². The summed E-state index contributed by atoms with van der Waals surface area (Å²) in [5, 5.41) is 27.3. The van der Waals surface area contributed by atoms with E-state index in [0.29, 0.717) is 12.8 Å². The molecule has 0 aliphatic heterocycles. The molecule has 0 aromatic heterocycles. The third-order valence-electron chi connectivity index (χ3n) is 5.47. The van der Waals surface area contributed by atoms with Crippen LogP contribution in [0.2, 0.25) is 0 Å². The van der Waals surface area contributed by atoms with Gasteiger partial charge in [-0.3, -0.25) is 19.4 Å². The van der Waals surface area contributed by atoms with Gasteiger partial charge in [0.2, 0.25) is 11.8 Å². The van der Waals surface area contributed by atoms with Gasteiger partial charge < -0.3 is 43.4 Å². The van der Waals surface area contributed by atoms with Crippen molar-refractivity contribution >= 4 is 29.7 Å². The molecule has 0 aromatic rings. The highest BCUT2D eigenvalue weighted by molar-refractivity contribution is 5.94. The third-order valence-corrected chi connectivity index (χ3v) is 5.47. The molecular formula is C23H45N7O6. The molecule has 11 N–H and O–H groups in total. The van der Waals surface area contributed by atoms with E-state index in [-0.39, 0.29) is 30.8 Å². The normalized spacial score (nSPS) is 15.5. The first kappa shape index (κ1) is 33.1. The lowest BCUT2D eigenvalue weighted by molar-refractivity contribution is -0.143. The fourth-order valence-corrected chi connectivity index (χ4v) is 3.44. The molecule has 3 amide bonds.